The van der Waals surface area contributed by atoms with Gasteiger partial charge in [-0.1, -0.05) is 99.7 Å². The Balaban J connectivity index is 1.44. The first-order valence-corrected chi connectivity index (χ1v) is 25.4. The Hall–Kier alpha value is -5.29. The molecule has 0 radical (unpaired) electrons. The van der Waals surface area contributed by atoms with Gasteiger partial charge in [-0.3, -0.25) is 33.8 Å². The molecule has 2 fully saturated rings. The monoisotopic (exact) mass is 982 g/mol. The number of pyridine rings is 1. The van der Waals surface area contributed by atoms with Crippen molar-refractivity contribution in [3.63, 3.8) is 0 Å². The standard InChI is InChI=1S/C53H62N2O12S2/c1-10-43-29(4)50(64-33(8)59)51(65-34(9)60)53(66-43)69-46-25-37(38-20-21-41(55-30(5)56)40-19-12-11-18-39(38)40)24-45(47(46)42(61)23-36-16-13-15-35-17-14-22-54-48(35)36)68-52-28(3)27(2)49(63-32(7)58)44(67-52)26-62-31(6)57/h11-19,22,24-25,27-29,38,41,43-44,49-53H,10,20-21,23,26H2,1-9H3,(H,55,56)/t27?,28-,29+,38+,41+,43?,44?,49-,50-,51?,52-,53-/m0/s1. The van der Waals surface area contributed by atoms with Gasteiger partial charge in [0.05, 0.1) is 17.7 Å². The van der Waals surface area contributed by atoms with Gasteiger partial charge in [0.1, 0.15) is 35.8 Å². The fourth-order valence-corrected chi connectivity index (χ4v) is 12.9. The van der Waals surface area contributed by atoms with Crippen molar-refractivity contribution in [2.24, 2.45) is 17.8 Å². The first-order chi connectivity index (χ1) is 32.9. The number of benzene rings is 3. The van der Waals surface area contributed by atoms with Crippen molar-refractivity contribution in [3.8, 4) is 0 Å². The molecule has 1 aromatic heterocycles. The third kappa shape index (κ3) is 12.0. The van der Waals surface area contributed by atoms with Crippen LogP contribution in [0.2, 0.25) is 0 Å². The van der Waals surface area contributed by atoms with Gasteiger partial charge in [0.2, 0.25) is 5.91 Å². The zero-order valence-electron chi connectivity index (χ0n) is 40.6. The third-order valence-electron chi connectivity index (χ3n) is 13.4. The number of hydrogen-bond acceptors (Lipinski definition) is 15. The fourth-order valence-electron chi connectivity index (χ4n) is 10.0. The number of carbonyl (C=O) groups is 6. The number of amides is 1. The van der Waals surface area contributed by atoms with Crippen molar-refractivity contribution in [1.82, 2.24) is 10.3 Å². The molecule has 0 spiro atoms. The van der Waals surface area contributed by atoms with Gasteiger partial charge in [-0.15, -0.1) is 0 Å². The van der Waals surface area contributed by atoms with Crippen molar-refractivity contribution in [1.29, 1.82) is 0 Å². The van der Waals surface area contributed by atoms with Gasteiger partial charge in [0.25, 0.3) is 0 Å². The van der Waals surface area contributed by atoms with Crippen LogP contribution in [-0.2, 0) is 58.8 Å². The zero-order chi connectivity index (χ0) is 49.7. The number of aromatic nitrogens is 1. The van der Waals surface area contributed by atoms with Crippen molar-refractivity contribution in [2.45, 2.75) is 151 Å². The summed E-state index contributed by atoms with van der Waals surface area (Å²) >= 11 is 2.62. The summed E-state index contributed by atoms with van der Waals surface area (Å²) in [5.74, 6) is -3.50. The quantitative estimate of drug-likeness (QED) is 0.0676. The number of nitrogens with one attached hydrogen (secondary N) is 1. The Kier molecular flexibility index (Phi) is 16.9. The van der Waals surface area contributed by atoms with Gasteiger partial charge >= 0.3 is 23.9 Å². The van der Waals surface area contributed by atoms with Gasteiger partial charge in [-0.05, 0) is 65.6 Å². The van der Waals surface area contributed by atoms with E-state index in [1.54, 1.807) is 6.20 Å². The highest BCUT2D eigenvalue weighted by Crippen LogP contribution is 2.49. The summed E-state index contributed by atoms with van der Waals surface area (Å²) in [5, 5.41) is 4.01. The molecule has 4 unspecified atom stereocenters. The largest absolute Gasteiger partial charge is 0.463 e. The molecule has 3 aromatic carbocycles. The number of ether oxygens (including phenoxy) is 6. The highest BCUT2D eigenvalue weighted by molar-refractivity contribution is 8.00. The van der Waals surface area contributed by atoms with E-state index in [4.69, 9.17) is 28.4 Å². The molecule has 3 heterocycles. The zero-order valence-corrected chi connectivity index (χ0v) is 42.2. The molecule has 368 valence electrons. The van der Waals surface area contributed by atoms with Crippen molar-refractivity contribution in [3.05, 3.63) is 101 Å². The topological polar surface area (TPSA) is 183 Å². The summed E-state index contributed by atoms with van der Waals surface area (Å²) < 4.78 is 36.8. The number of hydrogen-bond donors (Lipinski definition) is 1. The lowest BCUT2D eigenvalue weighted by atomic mass is 9.76. The molecule has 1 N–H and O–H groups in total. The number of nitrogens with zero attached hydrogens (tertiary/aromatic N) is 1. The number of fused-ring (bicyclic) bond motifs is 2. The van der Waals surface area contributed by atoms with E-state index in [2.05, 4.69) is 16.4 Å². The number of para-hydroxylation sites is 1. The average molecular weight is 983 g/mol. The number of ketones is 1. The van der Waals surface area contributed by atoms with E-state index < -0.39 is 65.3 Å². The second-order valence-corrected chi connectivity index (χ2v) is 20.6. The maximum Gasteiger partial charge on any atom is 0.303 e. The first-order valence-electron chi connectivity index (χ1n) is 23.6. The van der Waals surface area contributed by atoms with E-state index in [1.165, 1.54) is 58.1 Å². The molecule has 2 saturated heterocycles. The molecular formula is C53H62N2O12S2. The van der Waals surface area contributed by atoms with Crippen molar-refractivity contribution in [2.75, 3.05) is 6.61 Å². The number of Topliss-reactive ketones (excluding diaryl/α,β-unsaturated/α-hetero) is 1. The summed E-state index contributed by atoms with van der Waals surface area (Å²) in [6.07, 6.45) is -0.284. The van der Waals surface area contributed by atoms with Gasteiger partial charge < -0.3 is 33.7 Å². The molecule has 14 nitrogen and oxygen atoms in total. The van der Waals surface area contributed by atoms with Crippen LogP contribution in [0.4, 0.5) is 0 Å². The van der Waals surface area contributed by atoms with Gasteiger partial charge in [-0.25, -0.2) is 0 Å². The summed E-state index contributed by atoms with van der Waals surface area (Å²) in [4.78, 5) is 83.9. The molecule has 7 rings (SSSR count). The van der Waals surface area contributed by atoms with E-state index in [9.17, 15) is 24.0 Å². The number of rotatable bonds is 15. The minimum atomic E-state index is -1.05. The molecule has 4 aromatic rings. The molecule has 0 saturated carbocycles. The van der Waals surface area contributed by atoms with Crippen LogP contribution >= 0.6 is 23.5 Å². The maximum absolute atomic E-state index is 15.6. The minimum Gasteiger partial charge on any atom is -0.463 e. The lowest BCUT2D eigenvalue weighted by Crippen LogP contribution is -2.55. The predicted octanol–water partition coefficient (Wildman–Crippen LogP) is 9.07. The van der Waals surface area contributed by atoms with E-state index >= 15 is 4.79 Å². The number of carbonyl (C=O) groups excluding carboxylic acids is 6. The smallest absolute Gasteiger partial charge is 0.303 e. The Morgan fingerprint density at radius 1 is 0.681 bits per heavy atom. The van der Waals surface area contributed by atoms with E-state index in [0.29, 0.717) is 40.1 Å². The lowest BCUT2D eigenvalue weighted by Gasteiger charge is -2.44. The number of esters is 4. The fraction of sp³-hybridized carbons (Fsp3) is 0.491. The normalized spacial score (nSPS) is 27.6. The SMILES string of the molecule is CCC1O[C@@H](Sc2cc([C@H]3CC[C@@H](NC(C)=O)c4ccccc43)cc(S[C@@H]3OC(COC(C)=O)[C@@H](OC(C)=O)C(C)[C@@H]3C)c2C(=O)Cc2cccc3cccnc23)C(OC(C)=O)[C@@H](OC(C)=O)[C@@H]1C. The highest BCUT2D eigenvalue weighted by Gasteiger charge is 2.49. The van der Waals surface area contributed by atoms with Crippen LogP contribution in [0.15, 0.2) is 82.7 Å². The summed E-state index contributed by atoms with van der Waals surface area (Å²) in [6, 6.07) is 21.5. The average Bonchev–Trinajstić information content (AvgIpc) is 3.30. The molecule has 3 aliphatic rings. The van der Waals surface area contributed by atoms with Crippen molar-refractivity contribution < 1.29 is 57.2 Å². The molecular weight excluding hydrogens is 921 g/mol. The van der Waals surface area contributed by atoms with Gasteiger partial charge in [0, 0.05) is 85.7 Å². The predicted molar refractivity (Wildman–Crippen MR) is 260 cm³/mol. The van der Waals surface area contributed by atoms with Crippen LogP contribution in [0.5, 0.6) is 0 Å². The third-order valence-corrected chi connectivity index (χ3v) is 15.9. The summed E-state index contributed by atoms with van der Waals surface area (Å²) in [5.41, 5.74) is 3.15. The Labute approximate surface area is 412 Å². The molecule has 1 aliphatic carbocycles. The molecule has 0 bridgehead atoms. The molecule has 16 heteroatoms. The van der Waals surface area contributed by atoms with Crippen LogP contribution in [-0.4, -0.2) is 88.6 Å². The van der Waals surface area contributed by atoms with Gasteiger partial charge in [-0.2, -0.15) is 0 Å². The molecule has 69 heavy (non-hydrogen) atoms. The highest BCUT2D eigenvalue weighted by atomic mass is 32.2. The van der Waals surface area contributed by atoms with Crippen LogP contribution in [0, 0.1) is 17.8 Å². The number of thioether (sulfide) groups is 2. The van der Waals surface area contributed by atoms with Crippen LogP contribution in [0.1, 0.15) is 126 Å². The van der Waals surface area contributed by atoms with Crippen LogP contribution in [0.3, 0.4) is 0 Å². The molecule has 1 amide bonds. The van der Waals surface area contributed by atoms with Crippen LogP contribution in [0.25, 0.3) is 10.9 Å². The Morgan fingerprint density at radius 2 is 1.30 bits per heavy atom. The van der Waals surface area contributed by atoms with E-state index in [1.807, 2.05) is 88.4 Å². The second-order valence-electron chi connectivity index (χ2n) is 18.3. The minimum absolute atomic E-state index is 0.0237. The molecule has 2 aliphatic heterocycles. The molecule has 12 atom stereocenters. The maximum atomic E-state index is 15.6. The summed E-state index contributed by atoms with van der Waals surface area (Å²) in [6.45, 7) is 14.5. The Bertz CT molecular complexity index is 2570. The van der Waals surface area contributed by atoms with Crippen molar-refractivity contribution >= 4 is 70.0 Å². The second kappa shape index (κ2) is 22.6. The van der Waals surface area contributed by atoms with Crippen LogP contribution < -0.4 is 5.32 Å². The van der Waals surface area contributed by atoms with Gasteiger partial charge in [0.15, 0.2) is 11.9 Å². The van der Waals surface area contributed by atoms with E-state index in [-0.39, 0.29) is 54.4 Å². The van der Waals surface area contributed by atoms with E-state index in [0.717, 1.165) is 27.6 Å². The summed E-state index contributed by atoms with van der Waals surface area (Å²) in [7, 11) is 0. The lowest BCUT2D eigenvalue weighted by molar-refractivity contribution is -0.207. The Morgan fingerprint density at radius 3 is 1.96 bits per heavy atom. The first kappa shape index (κ1) is 51.6.